The second-order valence-corrected chi connectivity index (χ2v) is 4.56. The van der Waals surface area contributed by atoms with Crippen molar-refractivity contribution in [1.82, 2.24) is 9.88 Å². The summed E-state index contributed by atoms with van der Waals surface area (Å²) in [5.41, 5.74) is 1.67. The number of pyridine rings is 1. The lowest BCUT2D eigenvalue weighted by Gasteiger charge is -2.21. The second-order valence-electron chi connectivity index (χ2n) is 4.17. The zero-order chi connectivity index (χ0) is 13.7. The van der Waals surface area contributed by atoms with Crippen LogP contribution >= 0.6 is 11.6 Å². The number of aromatic nitrogens is 1. The molecule has 0 saturated carbocycles. The zero-order valence-electron chi connectivity index (χ0n) is 10.7. The summed E-state index contributed by atoms with van der Waals surface area (Å²) < 4.78 is 0. The Morgan fingerprint density at radius 2 is 1.95 bits per heavy atom. The molecule has 2 rings (SSSR count). The van der Waals surface area contributed by atoms with E-state index in [1.54, 1.807) is 17.0 Å². The van der Waals surface area contributed by atoms with E-state index in [0.29, 0.717) is 23.8 Å². The Labute approximate surface area is 117 Å². The summed E-state index contributed by atoms with van der Waals surface area (Å²) in [4.78, 5) is 18.1. The Morgan fingerprint density at radius 1 is 1.21 bits per heavy atom. The minimum atomic E-state index is -0.0319. The van der Waals surface area contributed by atoms with Gasteiger partial charge in [-0.15, -0.1) is 0 Å². The van der Waals surface area contributed by atoms with Crippen LogP contribution in [0.2, 0.25) is 5.15 Å². The molecule has 0 spiro atoms. The van der Waals surface area contributed by atoms with Gasteiger partial charge in [-0.05, 0) is 24.6 Å². The van der Waals surface area contributed by atoms with Crippen LogP contribution in [0.25, 0.3) is 0 Å². The van der Waals surface area contributed by atoms with E-state index in [1.807, 2.05) is 37.3 Å². The largest absolute Gasteiger partial charge is 0.335 e. The van der Waals surface area contributed by atoms with Gasteiger partial charge in [0.25, 0.3) is 5.91 Å². The molecule has 0 fully saturated rings. The van der Waals surface area contributed by atoms with Crippen LogP contribution < -0.4 is 0 Å². The molecule has 19 heavy (non-hydrogen) atoms. The van der Waals surface area contributed by atoms with Gasteiger partial charge in [0.2, 0.25) is 0 Å². The molecule has 2 aromatic rings. The van der Waals surface area contributed by atoms with E-state index in [9.17, 15) is 4.79 Å². The monoisotopic (exact) mass is 274 g/mol. The predicted molar refractivity (Wildman–Crippen MR) is 76.1 cm³/mol. The fourth-order valence-corrected chi connectivity index (χ4v) is 1.93. The Kier molecular flexibility index (Phi) is 4.53. The molecule has 0 aliphatic rings. The molecule has 0 bridgehead atoms. The van der Waals surface area contributed by atoms with E-state index < -0.39 is 0 Å². The molecule has 0 unspecified atom stereocenters. The van der Waals surface area contributed by atoms with Crippen molar-refractivity contribution < 1.29 is 4.79 Å². The standard InChI is InChI=1S/C15H15ClN2O/c1-2-18(11-12-6-4-3-5-7-12)15(19)13-8-9-14(16)17-10-13/h3-10H,2,11H2,1H3. The molecule has 0 saturated heterocycles. The van der Waals surface area contributed by atoms with Crippen molar-refractivity contribution in [2.75, 3.05) is 6.54 Å². The van der Waals surface area contributed by atoms with Crippen molar-refractivity contribution in [3.05, 3.63) is 64.9 Å². The van der Waals surface area contributed by atoms with E-state index in [-0.39, 0.29) is 5.91 Å². The number of carbonyl (C=O) groups is 1. The molecule has 3 nitrogen and oxygen atoms in total. The van der Waals surface area contributed by atoms with Crippen LogP contribution in [-0.2, 0) is 6.54 Å². The van der Waals surface area contributed by atoms with Crippen molar-refractivity contribution in [3.63, 3.8) is 0 Å². The highest BCUT2D eigenvalue weighted by Gasteiger charge is 2.14. The number of hydrogen-bond donors (Lipinski definition) is 0. The van der Waals surface area contributed by atoms with Crippen molar-refractivity contribution in [2.45, 2.75) is 13.5 Å². The second kappa shape index (κ2) is 6.34. The topological polar surface area (TPSA) is 33.2 Å². The van der Waals surface area contributed by atoms with Crippen LogP contribution in [0, 0.1) is 0 Å². The third kappa shape index (κ3) is 3.55. The summed E-state index contributed by atoms with van der Waals surface area (Å²) in [5, 5.41) is 0.391. The molecular formula is C15H15ClN2O. The molecular weight excluding hydrogens is 260 g/mol. The number of carbonyl (C=O) groups excluding carboxylic acids is 1. The van der Waals surface area contributed by atoms with Gasteiger partial charge < -0.3 is 4.90 Å². The summed E-state index contributed by atoms with van der Waals surface area (Å²) in [6.07, 6.45) is 1.51. The van der Waals surface area contributed by atoms with E-state index in [0.717, 1.165) is 5.56 Å². The molecule has 1 amide bonds. The third-order valence-electron chi connectivity index (χ3n) is 2.86. The van der Waals surface area contributed by atoms with Gasteiger partial charge in [-0.2, -0.15) is 0 Å². The van der Waals surface area contributed by atoms with Crippen LogP contribution in [0.3, 0.4) is 0 Å². The van der Waals surface area contributed by atoms with E-state index in [4.69, 9.17) is 11.6 Å². The molecule has 4 heteroatoms. The van der Waals surface area contributed by atoms with Crippen LogP contribution in [0.1, 0.15) is 22.8 Å². The highest BCUT2D eigenvalue weighted by molar-refractivity contribution is 6.29. The van der Waals surface area contributed by atoms with Gasteiger partial charge >= 0.3 is 0 Å². The van der Waals surface area contributed by atoms with Gasteiger partial charge in [-0.25, -0.2) is 4.98 Å². The number of nitrogens with zero attached hydrogens (tertiary/aromatic N) is 2. The summed E-state index contributed by atoms with van der Waals surface area (Å²) in [6, 6.07) is 13.3. The maximum absolute atomic E-state index is 12.3. The number of hydrogen-bond acceptors (Lipinski definition) is 2. The fraction of sp³-hybridized carbons (Fsp3) is 0.200. The lowest BCUT2D eigenvalue weighted by atomic mass is 10.2. The molecule has 1 heterocycles. The number of halogens is 1. The molecule has 1 aromatic heterocycles. The maximum atomic E-state index is 12.3. The fourth-order valence-electron chi connectivity index (χ4n) is 1.82. The van der Waals surface area contributed by atoms with Gasteiger partial charge in [0.1, 0.15) is 5.15 Å². The first-order chi connectivity index (χ1) is 9.20. The molecule has 98 valence electrons. The normalized spacial score (nSPS) is 10.2. The van der Waals surface area contributed by atoms with Crippen LogP contribution in [0.5, 0.6) is 0 Å². The van der Waals surface area contributed by atoms with Crippen molar-refractivity contribution >= 4 is 17.5 Å². The van der Waals surface area contributed by atoms with E-state index >= 15 is 0 Å². The molecule has 0 aliphatic carbocycles. The smallest absolute Gasteiger partial charge is 0.255 e. The Morgan fingerprint density at radius 3 is 2.53 bits per heavy atom. The van der Waals surface area contributed by atoms with Crippen LogP contribution in [0.4, 0.5) is 0 Å². The van der Waals surface area contributed by atoms with Gasteiger partial charge in [0.05, 0.1) is 5.56 Å². The minimum Gasteiger partial charge on any atom is -0.335 e. The lowest BCUT2D eigenvalue weighted by molar-refractivity contribution is 0.0752. The summed E-state index contributed by atoms with van der Waals surface area (Å²) in [6.45, 7) is 3.21. The average molecular weight is 275 g/mol. The van der Waals surface area contributed by atoms with Crippen LogP contribution in [-0.4, -0.2) is 22.3 Å². The SMILES string of the molecule is CCN(Cc1ccccc1)C(=O)c1ccc(Cl)nc1. The van der Waals surface area contributed by atoms with Gasteiger partial charge in [-0.3, -0.25) is 4.79 Å². The average Bonchev–Trinajstić information content (AvgIpc) is 2.46. The minimum absolute atomic E-state index is 0.0319. The van der Waals surface area contributed by atoms with Crippen molar-refractivity contribution in [1.29, 1.82) is 0 Å². The van der Waals surface area contributed by atoms with E-state index in [1.165, 1.54) is 6.20 Å². The van der Waals surface area contributed by atoms with Crippen molar-refractivity contribution in [3.8, 4) is 0 Å². The molecule has 0 N–H and O–H groups in total. The van der Waals surface area contributed by atoms with Gasteiger partial charge in [-0.1, -0.05) is 41.9 Å². The van der Waals surface area contributed by atoms with Gasteiger partial charge in [0.15, 0.2) is 0 Å². The first-order valence-electron chi connectivity index (χ1n) is 6.15. The first-order valence-corrected chi connectivity index (χ1v) is 6.53. The Balaban J connectivity index is 2.13. The van der Waals surface area contributed by atoms with E-state index in [2.05, 4.69) is 4.98 Å². The third-order valence-corrected chi connectivity index (χ3v) is 3.08. The Bertz CT molecular complexity index is 540. The summed E-state index contributed by atoms with van der Waals surface area (Å²) in [7, 11) is 0. The van der Waals surface area contributed by atoms with Crippen LogP contribution in [0.15, 0.2) is 48.7 Å². The zero-order valence-corrected chi connectivity index (χ0v) is 11.5. The molecule has 0 aliphatic heterocycles. The molecule has 1 aromatic carbocycles. The summed E-state index contributed by atoms with van der Waals surface area (Å²) >= 11 is 5.72. The summed E-state index contributed by atoms with van der Waals surface area (Å²) in [5.74, 6) is -0.0319. The van der Waals surface area contributed by atoms with Gasteiger partial charge in [0, 0.05) is 19.3 Å². The molecule has 0 atom stereocenters. The first kappa shape index (κ1) is 13.6. The number of benzene rings is 1. The molecule has 0 radical (unpaired) electrons. The maximum Gasteiger partial charge on any atom is 0.255 e. The number of rotatable bonds is 4. The van der Waals surface area contributed by atoms with Crippen molar-refractivity contribution in [2.24, 2.45) is 0 Å². The quantitative estimate of drug-likeness (QED) is 0.801. The lowest BCUT2D eigenvalue weighted by Crippen LogP contribution is -2.30. The Hall–Kier alpha value is -1.87. The number of amides is 1. The predicted octanol–water partition coefficient (Wildman–Crippen LogP) is 3.40. The highest BCUT2D eigenvalue weighted by Crippen LogP contribution is 2.11. The highest BCUT2D eigenvalue weighted by atomic mass is 35.5.